The van der Waals surface area contributed by atoms with Crippen LogP contribution in [0.5, 0.6) is 0 Å². The Bertz CT molecular complexity index is 816. The molecule has 0 saturated heterocycles. The van der Waals surface area contributed by atoms with Gasteiger partial charge in [0.25, 0.3) is 0 Å². The number of benzene rings is 2. The number of aromatic nitrogens is 1. The minimum Gasteiger partial charge on any atom is -0.329 e. The molecule has 1 aromatic heterocycles. The lowest BCUT2D eigenvalue weighted by molar-refractivity contribution is 0.449. The van der Waals surface area contributed by atoms with Gasteiger partial charge in [0.1, 0.15) is 0 Å². The van der Waals surface area contributed by atoms with E-state index in [9.17, 15) is 13.2 Å². The van der Waals surface area contributed by atoms with Crippen LogP contribution < -0.4 is 5.32 Å². The first-order valence-corrected chi connectivity index (χ1v) is 7.31. The van der Waals surface area contributed by atoms with Gasteiger partial charge in [-0.2, -0.15) is 0 Å². The van der Waals surface area contributed by atoms with Crippen molar-refractivity contribution >= 4 is 22.2 Å². The standard InChI is InChI=1S/C16H11F3N2S/c1-9-15(10-5-3-2-4-6-10)22-16(20-9)21-12-8-7-11(17)13(18)14(12)19/h2-8H,1H3,(H,20,21). The SMILES string of the molecule is Cc1nc(Nc2ccc(F)c(F)c2F)sc1-c1ccccc1. The van der Waals surface area contributed by atoms with Crippen LogP contribution in [-0.2, 0) is 0 Å². The third-order valence-electron chi connectivity index (χ3n) is 3.11. The van der Waals surface area contributed by atoms with Crippen LogP contribution in [0.4, 0.5) is 24.0 Å². The Morgan fingerprint density at radius 1 is 0.955 bits per heavy atom. The number of nitrogens with zero attached hydrogens (tertiary/aromatic N) is 1. The highest BCUT2D eigenvalue weighted by atomic mass is 32.1. The van der Waals surface area contributed by atoms with E-state index in [2.05, 4.69) is 10.3 Å². The summed E-state index contributed by atoms with van der Waals surface area (Å²) in [7, 11) is 0. The molecule has 0 radical (unpaired) electrons. The number of nitrogens with one attached hydrogen (secondary N) is 1. The van der Waals surface area contributed by atoms with Gasteiger partial charge in [-0.25, -0.2) is 18.2 Å². The van der Waals surface area contributed by atoms with E-state index in [0.29, 0.717) is 5.13 Å². The third-order valence-corrected chi connectivity index (χ3v) is 4.23. The third kappa shape index (κ3) is 2.69. The first kappa shape index (κ1) is 14.6. The van der Waals surface area contributed by atoms with Crippen LogP contribution >= 0.6 is 11.3 Å². The summed E-state index contributed by atoms with van der Waals surface area (Å²) in [5, 5.41) is 3.11. The van der Waals surface area contributed by atoms with Crippen molar-refractivity contribution in [3.63, 3.8) is 0 Å². The summed E-state index contributed by atoms with van der Waals surface area (Å²) in [5.41, 5.74) is 1.63. The number of anilines is 2. The average molecular weight is 320 g/mol. The van der Waals surface area contributed by atoms with Gasteiger partial charge in [-0.1, -0.05) is 41.7 Å². The molecule has 22 heavy (non-hydrogen) atoms. The number of hydrogen-bond acceptors (Lipinski definition) is 3. The van der Waals surface area contributed by atoms with Crippen LogP contribution in [0, 0.1) is 24.4 Å². The Balaban J connectivity index is 1.93. The molecule has 0 spiro atoms. The fraction of sp³-hybridized carbons (Fsp3) is 0.0625. The summed E-state index contributed by atoms with van der Waals surface area (Å²) in [6.07, 6.45) is 0. The molecule has 2 aromatic carbocycles. The maximum absolute atomic E-state index is 13.7. The van der Waals surface area contributed by atoms with Crippen molar-refractivity contribution in [2.45, 2.75) is 6.92 Å². The molecular weight excluding hydrogens is 309 g/mol. The van der Waals surface area contributed by atoms with Gasteiger partial charge >= 0.3 is 0 Å². The number of rotatable bonds is 3. The van der Waals surface area contributed by atoms with Gasteiger partial charge < -0.3 is 5.32 Å². The van der Waals surface area contributed by atoms with Crippen molar-refractivity contribution < 1.29 is 13.2 Å². The molecule has 0 bridgehead atoms. The lowest BCUT2D eigenvalue weighted by Gasteiger charge is -2.05. The second-order valence-electron chi connectivity index (χ2n) is 4.65. The molecule has 2 nitrogen and oxygen atoms in total. The largest absolute Gasteiger partial charge is 0.329 e. The topological polar surface area (TPSA) is 24.9 Å². The lowest BCUT2D eigenvalue weighted by Crippen LogP contribution is -1.98. The van der Waals surface area contributed by atoms with Crippen molar-refractivity contribution in [1.29, 1.82) is 0 Å². The summed E-state index contributed by atoms with van der Waals surface area (Å²) in [6, 6.07) is 11.7. The van der Waals surface area contributed by atoms with Crippen molar-refractivity contribution in [2.24, 2.45) is 0 Å². The summed E-state index contributed by atoms with van der Waals surface area (Å²) in [5.74, 6) is -3.97. The molecule has 0 aliphatic rings. The van der Waals surface area contributed by atoms with E-state index in [1.54, 1.807) is 0 Å². The molecule has 3 aromatic rings. The van der Waals surface area contributed by atoms with E-state index < -0.39 is 17.5 Å². The molecule has 0 aliphatic carbocycles. The van der Waals surface area contributed by atoms with E-state index in [4.69, 9.17) is 0 Å². The molecule has 0 atom stereocenters. The van der Waals surface area contributed by atoms with Crippen molar-refractivity contribution in [2.75, 3.05) is 5.32 Å². The van der Waals surface area contributed by atoms with E-state index >= 15 is 0 Å². The summed E-state index contributed by atoms with van der Waals surface area (Å²) >= 11 is 1.32. The van der Waals surface area contributed by atoms with Crippen LogP contribution in [0.25, 0.3) is 10.4 Å². The van der Waals surface area contributed by atoms with Crippen LogP contribution in [0.2, 0.25) is 0 Å². The highest BCUT2D eigenvalue weighted by molar-refractivity contribution is 7.19. The first-order chi connectivity index (χ1) is 10.6. The molecule has 0 amide bonds. The van der Waals surface area contributed by atoms with Gasteiger partial charge in [-0.05, 0) is 24.6 Å². The molecule has 112 valence electrons. The van der Waals surface area contributed by atoms with E-state index in [1.165, 1.54) is 11.3 Å². The molecule has 0 saturated carbocycles. The molecule has 3 rings (SSSR count). The summed E-state index contributed by atoms with van der Waals surface area (Å²) < 4.78 is 39.8. The molecule has 1 N–H and O–H groups in total. The Kier molecular flexibility index (Phi) is 3.85. The number of halogens is 3. The average Bonchev–Trinajstić information content (AvgIpc) is 2.89. The monoisotopic (exact) mass is 320 g/mol. The fourth-order valence-electron chi connectivity index (χ4n) is 2.04. The Labute approximate surface area is 129 Å². The highest BCUT2D eigenvalue weighted by Gasteiger charge is 2.15. The Morgan fingerprint density at radius 2 is 1.68 bits per heavy atom. The van der Waals surface area contributed by atoms with Gasteiger partial charge in [0, 0.05) is 0 Å². The van der Waals surface area contributed by atoms with Crippen molar-refractivity contribution in [3.8, 4) is 10.4 Å². The second kappa shape index (κ2) is 5.81. The zero-order chi connectivity index (χ0) is 15.7. The quantitative estimate of drug-likeness (QED) is 0.664. The summed E-state index contributed by atoms with van der Waals surface area (Å²) in [6.45, 7) is 1.84. The van der Waals surface area contributed by atoms with Crippen LogP contribution in [0.3, 0.4) is 0 Å². The van der Waals surface area contributed by atoms with Crippen molar-refractivity contribution in [3.05, 3.63) is 65.6 Å². The molecule has 0 fully saturated rings. The molecular formula is C16H11F3N2S. The second-order valence-corrected chi connectivity index (χ2v) is 5.65. The minimum absolute atomic E-state index is 0.146. The van der Waals surface area contributed by atoms with Gasteiger partial charge in [0.15, 0.2) is 22.6 Å². The van der Waals surface area contributed by atoms with Gasteiger partial charge in [0.05, 0.1) is 16.3 Å². The number of hydrogen-bond donors (Lipinski definition) is 1. The molecule has 1 heterocycles. The van der Waals surface area contributed by atoms with Gasteiger partial charge in [-0.15, -0.1) is 0 Å². The van der Waals surface area contributed by atoms with Crippen molar-refractivity contribution in [1.82, 2.24) is 4.98 Å². The van der Waals surface area contributed by atoms with E-state index in [0.717, 1.165) is 28.3 Å². The van der Waals surface area contributed by atoms with Gasteiger partial charge in [0.2, 0.25) is 0 Å². The predicted octanol–water partition coefficient (Wildman–Crippen LogP) is 5.28. The fourth-order valence-corrected chi connectivity index (χ4v) is 3.03. The maximum Gasteiger partial charge on any atom is 0.196 e. The van der Waals surface area contributed by atoms with Crippen LogP contribution in [0.15, 0.2) is 42.5 Å². The van der Waals surface area contributed by atoms with E-state index in [1.807, 2.05) is 37.3 Å². The zero-order valence-electron chi connectivity index (χ0n) is 11.5. The maximum atomic E-state index is 13.7. The lowest BCUT2D eigenvalue weighted by atomic mass is 10.2. The zero-order valence-corrected chi connectivity index (χ0v) is 12.3. The number of thiazole rings is 1. The number of aryl methyl sites for hydroxylation is 1. The van der Waals surface area contributed by atoms with Gasteiger partial charge in [-0.3, -0.25) is 0 Å². The molecule has 6 heteroatoms. The smallest absolute Gasteiger partial charge is 0.196 e. The molecule has 0 unspecified atom stereocenters. The highest BCUT2D eigenvalue weighted by Crippen LogP contribution is 2.34. The van der Waals surface area contributed by atoms with Crippen LogP contribution in [0.1, 0.15) is 5.69 Å². The van der Waals surface area contributed by atoms with E-state index in [-0.39, 0.29) is 5.69 Å². The Morgan fingerprint density at radius 3 is 2.41 bits per heavy atom. The van der Waals surface area contributed by atoms with Crippen LogP contribution in [-0.4, -0.2) is 4.98 Å². The minimum atomic E-state index is -1.50. The first-order valence-electron chi connectivity index (χ1n) is 6.49. The normalized spacial score (nSPS) is 10.7. The molecule has 0 aliphatic heterocycles. The summed E-state index contributed by atoms with van der Waals surface area (Å²) in [4.78, 5) is 5.24. The predicted molar refractivity (Wildman–Crippen MR) is 81.9 cm³/mol. The Hall–Kier alpha value is -2.34.